The predicted octanol–water partition coefficient (Wildman–Crippen LogP) is 2.90. The Morgan fingerprint density at radius 3 is 2.67 bits per heavy atom. The van der Waals surface area contributed by atoms with Crippen molar-refractivity contribution in [2.75, 3.05) is 19.0 Å². The SMILES string of the molecule is COC(=O)c1ccc(Cn2cc(NC(=O)c3ccc(OCC(F)(F)F)nc3)cn2)o1. The van der Waals surface area contributed by atoms with E-state index < -0.39 is 24.7 Å². The Morgan fingerprint density at radius 1 is 1.20 bits per heavy atom. The molecular formula is C18H15F3N4O5. The largest absolute Gasteiger partial charge is 0.468 e. The molecule has 12 heteroatoms. The first-order chi connectivity index (χ1) is 14.2. The van der Waals surface area contributed by atoms with Crippen LogP contribution in [0.5, 0.6) is 5.88 Å². The van der Waals surface area contributed by atoms with Crippen LogP contribution in [-0.4, -0.2) is 46.5 Å². The monoisotopic (exact) mass is 424 g/mol. The lowest BCUT2D eigenvalue weighted by atomic mass is 10.2. The lowest BCUT2D eigenvalue weighted by Gasteiger charge is -2.08. The van der Waals surface area contributed by atoms with E-state index in [1.165, 1.54) is 42.4 Å². The van der Waals surface area contributed by atoms with Crippen LogP contribution in [0.15, 0.2) is 47.3 Å². The zero-order valence-corrected chi connectivity index (χ0v) is 15.5. The van der Waals surface area contributed by atoms with Gasteiger partial charge in [0.25, 0.3) is 5.91 Å². The number of hydrogen-bond donors (Lipinski definition) is 1. The molecule has 0 saturated carbocycles. The first-order valence-electron chi connectivity index (χ1n) is 8.40. The van der Waals surface area contributed by atoms with Gasteiger partial charge in [-0.05, 0) is 18.2 Å². The van der Waals surface area contributed by atoms with Crippen molar-refractivity contribution >= 4 is 17.6 Å². The number of carbonyl (C=O) groups is 2. The Bertz CT molecular complexity index is 1030. The van der Waals surface area contributed by atoms with E-state index in [4.69, 9.17) is 4.42 Å². The molecule has 3 aromatic heterocycles. The number of nitrogens with one attached hydrogen (secondary N) is 1. The van der Waals surface area contributed by atoms with Crippen LogP contribution < -0.4 is 10.1 Å². The lowest BCUT2D eigenvalue weighted by Crippen LogP contribution is -2.19. The number of rotatable bonds is 7. The number of halogens is 3. The van der Waals surface area contributed by atoms with Gasteiger partial charge in [0.05, 0.1) is 31.1 Å². The molecule has 1 amide bonds. The van der Waals surface area contributed by atoms with Crippen LogP contribution in [-0.2, 0) is 11.3 Å². The third-order valence-corrected chi connectivity index (χ3v) is 3.64. The van der Waals surface area contributed by atoms with Crippen LogP contribution in [0.2, 0.25) is 0 Å². The van der Waals surface area contributed by atoms with Crippen molar-refractivity contribution in [1.82, 2.24) is 14.8 Å². The molecule has 3 aromatic rings. The minimum atomic E-state index is -4.48. The molecule has 0 atom stereocenters. The summed E-state index contributed by atoms with van der Waals surface area (Å²) in [6.07, 6.45) is -0.445. The number of esters is 1. The van der Waals surface area contributed by atoms with E-state index in [2.05, 4.69) is 24.9 Å². The average Bonchev–Trinajstić information content (AvgIpc) is 3.35. The van der Waals surface area contributed by atoms with E-state index in [0.717, 1.165) is 6.20 Å². The van der Waals surface area contributed by atoms with E-state index in [1.54, 1.807) is 6.07 Å². The highest BCUT2D eigenvalue weighted by molar-refractivity contribution is 6.03. The summed E-state index contributed by atoms with van der Waals surface area (Å²) in [7, 11) is 1.24. The molecule has 3 rings (SSSR count). The number of nitrogens with zero attached hydrogens (tertiary/aromatic N) is 3. The zero-order chi connectivity index (χ0) is 21.7. The van der Waals surface area contributed by atoms with Crippen molar-refractivity contribution in [2.24, 2.45) is 0 Å². The molecule has 0 fully saturated rings. The van der Waals surface area contributed by atoms with Crippen molar-refractivity contribution in [2.45, 2.75) is 12.7 Å². The molecule has 0 unspecified atom stereocenters. The molecule has 0 aliphatic heterocycles. The summed E-state index contributed by atoms with van der Waals surface area (Å²) in [5, 5.41) is 6.66. The molecule has 0 radical (unpaired) electrons. The fourth-order valence-corrected chi connectivity index (χ4v) is 2.31. The van der Waals surface area contributed by atoms with Crippen molar-refractivity contribution in [3.8, 4) is 5.88 Å². The Labute approximate surface area is 167 Å². The Balaban J connectivity index is 1.57. The van der Waals surface area contributed by atoms with Gasteiger partial charge in [-0.25, -0.2) is 9.78 Å². The Kier molecular flexibility index (Phi) is 6.04. The van der Waals surface area contributed by atoms with Gasteiger partial charge in [-0.3, -0.25) is 9.48 Å². The Hall–Kier alpha value is -3.83. The minimum absolute atomic E-state index is 0.0587. The van der Waals surface area contributed by atoms with Crippen molar-refractivity contribution < 1.29 is 36.7 Å². The maximum absolute atomic E-state index is 12.2. The van der Waals surface area contributed by atoms with Gasteiger partial charge in [0, 0.05) is 18.5 Å². The summed E-state index contributed by atoms with van der Waals surface area (Å²) < 4.78 is 52.3. The summed E-state index contributed by atoms with van der Waals surface area (Å²) >= 11 is 0. The highest BCUT2D eigenvalue weighted by Gasteiger charge is 2.28. The van der Waals surface area contributed by atoms with E-state index in [1.807, 2.05) is 0 Å². The first-order valence-corrected chi connectivity index (χ1v) is 8.40. The van der Waals surface area contributed by atoms with Gasteiger partial charge in [0.2, 0.25) is 11.6 Å². The maximum atomic E-state index is 12.2. The summed E-state index contributed by atoms with van der Waals surface area (Å²) in [5.41, 5.74) is 0.494. The summed E-state index contributed by atoms with van der Waals surface area (Å²) in [6.45, 7) is -1.26. The van der Waals surface area contributed by atoms with Gasteiger partial charge in [0.15, 0.2) is 6.61 Å². The molecule has 0 aromatic carbocycles. The van der Waals surface area contributed by atoms with Gasteiger partial charge in [-0.2, -0.15) is 18.3 Å². The van der Waals surface area contributed by atoms with Gasteiger partial charge in [-0.1, -0.05) is 0 Å². The molecule has 0 saturated heterocycles. The second-order valence-corrected chi connectivity index (χ2v) is 5.93. The van der Waals surface area contributed by atoms with E-state index >= 15 is 0 Å². The molecule has 1 N–H and O–H groups in total. The second kappa shape index (κ2) is 8.68. The van der Waals surface area contributed by atoms with E-state index in [9.17, 15) is 22.8 Å². The topological polar surface area (TPSA) is 108 Å². The average molecular weight is 424 g/mol. The molecule has 158 valence electrons. The number of ether oxygens (including phenoxy) is 2. The number of carbonyl (C=O) groups excluding carboxylic acids is 2. The molecule has 0 bridgehead atoms. The summed E-state index contributed by atoms with van der Waals surface area (Å²) in [5.74, 6) is -0.867. The molecule has 9 nitrogen and oxygen atoms in total. The molecule has 0 aliphatic carbocycles. The highest BCUT2D eigenvalue weighted by atomic mass is 19.4. The standard InChI is InChI=1S/C18H15F3N4O5/c1-28-17(27)14-4-3-13(30-14)9-25-8-12(7-23-25)24-16(26)11-2-5-15(22-6-11)29-10-18(19,20)21/h2-8H,9-10H2,1H3,(H,24,26). The normalized spacial score (nSPS) is 11.2. The van der Waals surface area contributed by atoms with Crippen LogP contribution in [0.4, 0.5) is 18.9 Å². The van der Waals surface area contributed by atoms with Crippen LogP contribution in [0.3, 0.4) is 0 Å². The van der Waals surface area contributed by atoms with E-state index in [0.29, 0.717) is 11.4 Å². The van der Waals surface area contributed by atoms with Gasteiger partial charge in [-0.15, -0.1) is 0 Å². The molecule has 3 heterocycles. The number of pyridine rings is 1. The van der Waals surface area contributed by atoms with Crippen molar-refractivity contribution in [1.29, 1.82) is 0 Å². The number of hydrogen-bond acceptors (Lipinski definition) is 7. The van der Waals surface area contributed by atoms with Crippen molar-refractivity contribution in [3.05, 3.63) is 59.9 Å². The number of furan rings is 1. The molecular weight excluding hydrogens is 409 g/mol. The van der Waals surface area contributed by atoms with Gasteiger partial charge >= 0.3 is 12.1 Å². The fourth-order valence-electron chi connectivity index (χ4n) is 2.31. The summed E-state index contributed by atoms with van der Waals surface area (Å²) in [4.78, 5) is 27.3. The van der Waals surface area contributed by atoms with Crippen LogP contribution >= 0.6 is 0 Å². The second-order valence-electron chi connectivity index (χ2n) is 5.93. The van der Waals surface area contributed by atoms with Crippen LogP contribution in [0.1, 0.15) is 26.7 Å². The maximum Gasteiger partial charge on any atom is 0.422 e. The molecule has 30 heavy (non-hydrogen) atoms. The van der Waals surface area contributed by atoms with Crippen molar-refractivity contribution in [3.63, 3.8) is 0 Å². The minimum Gasteiger partial charge on any atom is -0.468 e. The van der Waals surface area contributed by atoms with Gasteiger partial charge in [0.1, 0.15) is 5.76 Å². The van der Waals surface area contributed by atoms with Crippen LogP contribution in [0.25, 0.3) is 0 Å². The van der Waals surface area contributed by atoms with E-state index in [-0.39, 0.29) is 23.7 Å². The van der Waals surface area contributed by atoms with Gasteiger partial charge < -0.3 is 19.2 Å². The quantitative estimate of drug-likeness (QED) is 0.581. The smallest absolute Gasteiger partial charge is 0.422 e. The first kappa shape index (κ1) is 20.9. The number of aromatic nitrogens is 3. The third-order valence-electron chi connectivity index (χ3n) is 3.64. The predicted molar refractivity (Wildman–Crippen MR) is 95.1 cm³/mol. The third kappa shape index (κ3) is 5.59. The lowest BCUT2D eigenvalue weighted by molar-refractivity contribution is -0.154. The number of alkyl halides is 3. The Morgan fingerprint density at radius 2 is 2.00 bits per heavy atom. The van der Waals surface area contributed by atoms with Crippen LogP contribution in [0, 0.1) is 0 Å². The number of amides is 1. The number of methoxy groups -OCH3 is 1. The molecule has 0 aliphatic rings. The summed E-state index contributed by atoms with van der Waals surface area (Å²) in [6, 6.07) is 5.53. The zero-order valence-electron chi connectivity index (χ0n) is 15.5. The highest BCUT2D eigenvalue weighted by Crippen LogP contribution is 2.18. The molecule has 0 spiro atoms. The fraction of sp³-hybridized carbons (Fsp3) is 0.222. The number of anilines is 1.